The molecule has 11 heavy (non-hydrogen) atoms. The molecule has 1 saturated heterocycles. The van der Waals surface area contributed by atoms with E-state index in [4.69, 9.17) is 9.47 Å². The molecule has 1 heterocycles. The summed E-state index contributed by atoms with van der Waals surface area (Å²) in [5, 5.41) is 0. The molecule has 64 valence electrons. The third-order valence-electron chi connectivity index (χ3n) is 1.73. The van der Waals surface area contributed by atoms with Gasteiger partial charge in [-0.3, -0.25) is 0 Å². The van der Waals surface area contributed by atoms with Gasteiger partial charge < -0.3 is 14.3 Å². The Balaban J connectivity index is 2.57. The summed E-state index contributed by atoms with van der Waals surface area (Å²) in [5.41, 5.74) is -0.411. The first-order valence-electron chi connectivity index (χ1n) is 3.75. The fraction of sp³-hybridized carbons (Fsp3) is 0.875. The molecule has 0 aromatic heterocycles. The fourth-order valence-corrected chi connectivity index (χ4v) is 1.26. The molecule has 0 N–H and O–H groups in total. The molecule has 0 bridgehead atoms. The second-order valence-corrected chi connectivity index (χ2v) is 3.61. The number of hydrogen-bond acceptors (Lipinski definition) is 3. The van der Waals surface area contributed by atoms with E-state index in [1.54, 1.807) is 0 Å². The zero-order valence-electron chi connectivity index (χ0n) is 7.22. The largest absolute Gasteiger partial charge is 0.347 e. The van der Waals surface area contributed by atoms with Crippen molar-refractivity contribution < 1.29 is 14.3 Å². The number of aldehydes is 1. The molecule has 1 unspecified atom stereocenters. The van der Waals surface area contributed by atoms with Crippen LogP contribution in [0.2, 0.25) is 0 Å². The van der Waals surface area contributed by atoms with E-state index in [9.17, 15) is 4.79 Å². The molecule has 3 heteroatoms. The van der Waals surface area contributed by atoms with Crippen molar-refractivity contribution in [1.82, 2.24) is 0 Å². The van der Waals surface area contributed by atoms with E-state index in [-0.39, 0.29) is 0 Å². The van der Waals surface area contributed by atoms with E-state index in [0.717, 1.165) is 6.29 Å². The molecular formula is C8H14O3. The van der Waals surface area contributed by atoms with Gasteiger partial charge in [0.2, 0.25) is 0 Å². The van der Waals surface area contributed by atoms with Crippen molar-refractivity contribution in [2.75, 3.05) is 6.61 Å². The van der Waals surface area contributed by atoms with Crippen molar-refractivity contribution in [3.63, 3.8) is 0 Å². The Hall–Kier alpha value is -0.410. The smallest absolute Gasteiger partial charge is 0.163 e. The lowest BCUT2D eigenvalue weighted by Crippen LogP contribution is -2.31. The van der Waals surface area contributed by atoms with Crippen LogP contribution in [-0.4, -0.2) is 24.3 Å². The maximum Gasteiger partial charge on any atom is 0.163 e. The molecule has 0 saturated carbocycles. The molecular weight excluding hydrogens is 144 g/mol. The van der Waals surface area contributed by atoms with Gasteiger partial charge in [-0.2, -0.15) is 0 Å². The number of carbonyl (C=O) groups excluding carboxylic acids is 1. The highest BCUT2D eigenvalue weighted by atomic mass is 16.7. The quantitative estimate of drug-likeness (QED) is 0.565. The van der Waals surface area contributed by atoms with E-state index in [2.05, 4.69) is 0 Å². The van der Waals surface area contributed by atoms with Crippen molar-refractivity contribution in [2.45, 2.75) is 38.6 Å². The van der Waals surface area contributed by atoms with Gasteiger partial charge in [-0.05, 0) is 20.8 Å². The Kier molecular flexibility index (Phi) is 2.03. The summed E-state index contributed by atoms with van der Waals surface area (Å²) in [6.07, 6.45) is 1.27. The lowest BCUT2D eigenvalue weighted by Gasteiger charge is -2.22. The molecule has 3 nitrogen and oxygen atoms in total. The molecule has 1 aliphatic rings. The van der Waals surface area contributed by atoms with Crippen LogP contribution in [0.5, 0.6) is 0 Å². The highest BCUT2D eigenvalue weighted by molar-refractivity contribution is 5.51. The summed E-state index contributed by atoms with van der Waals surface area (Å²) in [6, 6.07) is 0. The van der Waals surface area contributed by atoms with Crippen LogP contribution >= 0.6 is 0 Å². The molecule has 0 aromatic rings. The van der Waals surface area contributed by atoms with Gasteiger partial charge in [0.15, 0.2) is 5.79 Å². The Morgan fingerprint density at radius 3 is 2.45 bits per heavy atom. The van der Waals surface area contributed by atoms with Crippen molar-refractivity contribution in [3.05, 3.63) is 0 Å². The fourth-order valence-electron chi connectivity index (χ4n) is 1.26. The summed E-state index contributed by atoms with van der Waals surface area (Å²) < 4.78 is 10.9. The maximum absolute atomic E-state index is 10.2. The van der Waals surface area contributed by atoms with Crippen LogP contribution in [0.15, 0.2) is 0 Å². The van der Waals surface area contributed by atoms with E-state index in [1.165, 1.54) is 0 Å². The van der Waals surface area contributed by atoms with Crippen LogP contribution in [0, 0.1) is 0 Å². The maximum atomic E-state index is 10.2. The predicted octanol–water partition coefficient (Wildman–Crippen LogP) is 1.12. The monoisotopic (exact) mass is 158 g/mol. The zero-order valence-corrected chi connectivity index (χ0v) is 7.22. The zero-order chi connectivity index (χ0) is 8.54. The second kappa shape index (κ2) is 2.57. The van der Waals surface area contributed by atoms with E-state index in [1.807, 2.05) is 20.8 Å². The molecule has 0 spiro atoms. The van der Waals surface area contributed by atoms with Crippen molar-refractivity contribution in [1.29, 1.82) is 0 Å². The van der Waals surface area contributed by atoms with Gasteiger partial charge in [0, 0.05) is 6.42 Å². The summed E-state index contributed by atoms with van der Waals surface area (Å²) >= 11 is 0. The third kappa shape index (κ3) is 2.01. The second-order valence-electron chi connectivity index (χ2n) is 3.61. The number of rotatable bonds is 2. The molecule has 0 radical (unpaired) electrons. The average molecular weight is 158 g/mol. The molecule has 0 aromatic carbocycles. The van der Waals surface area contributed by atoms with Gasteiger partial charge >= 0.3 is 0 Å². The van der Waals surface area contributed by atoms with Gasteiger partial charge in [-0.15, -0.1) is 0 Å². The summed E-state index contributed by atoms with van der Waals surface area (Å²) in [6.45, 7) is 6.08. The highest BCUT2D eigenvalue weighted by Gasteiger charge is 2.41. The SMILES string of the molecule is CC1(CC=O)COC(C)(C)O1. The molecule has 1 aliphatic heterocycles. The Morgan fingerprint density at radius 1 is 1.45 bits per heavy atom. The van der Waals surface area contributed by atoms with Crippen LogP contribution in [-0.2, 0) is 14.3 Å². The topological polar surface area (TPSA) is 35.5 Å². The predicted molar refractivity (Wildman–Crippen MR) is 40.2 cm³/mol. The van der Waals surface area contributed by atoms with Crippen LogP contribution in [0.3, 0.4) is 0 Å². The van der Waals surface area contributed by atoms with E-state index in [0.29, 0.717) is 13.0 Å². The number of hydrogen-bond donors (Lipinski definition) is 0. The minimum atomic E-state index is -0.530. The van der Waals surface area contributed by atoms with Gasteiger partial charge in [0.1, 0.15) is 6.29 Å². The van der Waals surface area contributed by atoms with Gasteiger partial charge in [0.05, 0.1) is 12.2 Å². The average Bonchev–Trinajstić information content (AvgIpc) is 2.07. The number of carbonyl (C=O) groups is 1. The molecule has 0 amide bonds. The van der Waals surface area contributed by atoms with Gasteiger partial charge in [0.25, 0.3) is 0 Å². The minimum absolute atomic E-state index is 0.399. The van der Waals surface area contributed by atoms with Crippen LogP contribution in [0.1, 0.15) is 27.2 Å². The lowest BCUT2D eigenvalue weighted by atomic mass is 10.1. The van der Waals surface area contributed by atoms with Crippen molar-refractivity contribution in [3.8, 4) is 0 Å². The molecule has 1 fully saturated rings. The first-order valence-corrected chi connectivity index (χ1v) is 3.75. The van der Waals surface area contributed by atoms with Crippen molar-refractivity contribution in [2.24, 2.45) is 0 Å². The third-order valence-corrected chi connectivity index (χ3v) is 1.73. The highest BCUT2D eigenvalue weighted by Crippen LogP contribution is 2.31. The first kappa shape index (κ1) is 8.68. The summed E-state index contributed by atoms with van der Waals surface area (Å²) in [5.74, 6) is -0.530. The van der Waals surface area contributed by atoms with Crippen molar-refractivity contribution >= 4 is 6.29 Å². The van der Waals surface area contributed by atoms with Crippen LogP contribution in [0.25, 0.3) is 0 Å². The van der Waals surface area contributed by atoms with Gasteiger partial charge in [-0.1, -0.05) is 0 Å². The molecule has 0 aliphatic carbocycles. The molecule has 1 atom stereocenters. The molecule has 1 rings (SSSR count). The first-order chi connectivity index (χ1) is 4.97. The number of ether oxygens (including phenoxy) is 2. The Labute approximate surface area is 66.7 Å². The minimum Gasteiger partial charge on any atom is -0.347 e. The Morgan fingerprint density at radius 2 is 2.09 bits per heavy atom. The van der Waals surface area contributed by atoms with Gasteiger partial charge in [-0.25, -0.2) is 0 Å². The lowest BCUT2D eigenvalue weighted by molar-refractivity contribution is -0.159. The summed E-state index contributed by atoms with van der Waals surface area (Å²) in [4.78, 5) is 10.2. The standard InChI is InChI=1S/C8H14O3/c1-7(2)10-6-8(3,11-7)4-5-9/h5H,4,6H2,1-3H3. The normalized spacial score (nSPS) is 35.5. The van der Waals surface area contributed by atoms with E-state index >= 15 is 0 Å². The van der Waals surface area contributed by atoms with E-state index < -0.39 is 11.4 Å². The summed E-state index contributed by atoms with van der Waals surface area (Å²) in [7, 11) is 0. The Bertz CT molecular complexity index is 165. The van der Waals surface area contributed by atoms with Crippen LogP contribution < -0.4 is 0 Å². The van der Waals surface area contributed by atoms with Crippen LogP contribution in [0.4, 0.5) is 0 Å².